The molecule has 0 N–H and O–H groups in total. The Bertz CT molecular complexity index is 3570. The number of nitrogens with zero attached hydrogens (tertiary/aromatic N) is 3. The minimum absolute atomic E-state index is 1.13. The molecular formula is C50H29N3. The highest BCUT2D eigenvalue weighted by Crippen LogP contribution is 2.52. The first-order chi connectivity index (χ1) is 26.3. The van der Waals surface area contributed by atoms with E-state index >= 15 is 0 Å². The Morgan fingerprint density at radius 2 is 0.849 bits per heavy atom. The first kappa shape index (κ1) is 27.6. The van der Waals surface area contributed by atoms with Gasteiger partial charge >= 0.3 is 0 Å². The highest BCUT2D eigenvalue weighted by atomic mass is 15.2. The third-order valence-electron chi connectivity index (χ3n) is 11.9. The largest absolute Gasteiger partial charge is 0.308 e. The summed E-state index contributed by atoms with van der Waals surface area (Å²) in [4.78, 5) is 2.47. The number of para-hydroxylation sites is 4. The van der Waals surface area contributed by atoms with E-state index in [-0.39, 0.29) is 0 Å². The van der Waals surface area contributed by atoms with Crippen LogP contribution < -0.4 is 4.90 Å². The van der Waals surface area contributed by atoms with E-state index in [4.69, 9.17) is 0 Å². The quantitative estimate of drug-likeness (QED) is 0.182. The lowest BCUT2D eigenvalue weighted by atomic mass is 9.96. The number of anilines is 3. The summed E-state index contributed by atoms with van der Waals surface area (Å²) in [6, 6.07) is 64.9. The average Bonchev–Trinajstić information content (AvgIpc) is 3.94. The van der Waals surface area contributed by atoms with Crippen LogP contribution in [0.15, 0.2) is 176 Å². The van der Waals surface area contributed by atoms with Crippen molar-refractivity contribution in [2.45, 2.75) is 0 Å². The number of hydrogen-bond donors (Lipinski definition) is 0. The van der Waals surface area contributed by atoms with Crippen LogP contribution in [0.4, 0.5) is 17.1 Å². The van der Waals surface area contributed by atoms with Gasteiger partial charge in [0.25, 0.3) is 0 Å². The van der Waals surface area contributed by atoms with E-state index < -0.39 is 0 Å². The second-order valence-electron chi connectivity index (χ2n) is 14.5. The highest BCUT2D eigenvalue weighted by molar-refractivity contribution is 6.40. The molecule has 13 aromatic rings. The van der Waals surface area contributed by atoms with E-state index in [0.717, 1.165) is 11.4 Å². The van der Waals surface area contributed by atoms with E-state index in [0.29, 0.717) is 0 Å². The smallest absolute Gasteiger partial charge is 0.0789 e. The average molecular weight is 672 g/mol. The minimum atomic E-state index is 1.13. The minimum Gasteiger partial charge on any atom is -0.308 e. The normalized spacial score (nSPS) is 12.5. The van der Waals surface area contributed by atoms with Crippen LogP contribution in [0.25, 0.3) is 97.7 Å². The molecule has 0 amide bonds. The van der Waals surface area contributed by atoms with Crippen molar-refractivity contribution in [3.05, 3.63) is 176 Å². The molecule has 53 heavy (non-hydrogen) atoms. The van der Waals surface area contributed by atoms with Gasteiger partial charge in [0.1, 0.15) is 0 Å². The van der Waals surface area contributed by atoms with Gasteiger partial charge < -0.3 is 13.7 Å². The number of aromatic nitrogens is 2. The molecule has 0 radical (unpaired) electrons. The van der Waals surface area contributed by atoms with Gasteiger partial charge in [0.05, 0.1) is 38.8 Å². The summed E-state index contributed by atoms with van der Waals surface area (Å²) in [5, 5.41) is 15.5. The SMILES string of the molecule is c1ccc(N(c2ccccc2)c2c3ccccc3cc3c4cc5ccccc5c5c6c7c8cccc9c%10ccccc%10n(c7ccc6n(c23)c45)c98)cc1. The fourth-order valence-corrected chi connectivity index (χ4v) is 9.87. The van der Waals surface area contributed by atoms with Gasteiger partial charge in [-0.3, -0.25) is 0 Å². The molecule has 244 valence electrons. The maximum absolute atomic E-state index is 2.61. The summed E-state index contributed by atoms with van der Waals surface area (Å²) in [7, 11) is 0. The first-order valence-electron chi connectivity index (χ1n) is 18.4. The summed E-state index contributed by atoms with van der Waals surface area (Å²) in [5.41, 5.74) is 11.0. The maximum atomic E-state index is 2.61. The van der Waals surface area contributed by atoms with Crippen LogP contribution in [0, 0.1) is 0 Å². The van der Waals surface area contributed by atoms with Gasteiger partial charge in [0.2, 0.25) is 0 Å². The fourth-order valence-electron chi connectivity index (χ4n) is 9.87. The maximum Gasteiger partial charge on any atom is 0.0789 e. The number of hydrogen-bond acceptors (Lipinski definition) is 1. The predicted molar refractivity (Wildman–Crippen MR) is 225 cm³/mol. The van der Waals surface area contributed by atoms with E-state index in [1.165, 1.54) is 103 Å². The lowest BCUT2D eigenvalue weighted by molar-refractivity contribution is 1.28. The van der Waals surface area contributed by atoms with Crippen LogP contribution in [0.5, 0.6) is 0 Å². The van der Waals surface area contributed by atoms with E-state index in [9.17, 15) is 0 Å². The van der Waals surface area contributed by atoms with Crippen molar-refractivity contribution >= 4 is 115 Å². The third-order valence-corrected chi connectivity index (χ3v) is 11.9. The monoisotopic (exact) mass is 671 g/mol. The molecule has 0 saturated heterocycles. The Hall–Kier alpha value is -7.10. The Balaban J connectivity index is 1.33. The summed E-state index contributed by atoms with van der Waals surface area (Å²) in [6.45, 7) is 0. The number of benzene rings is 9. The van der Waals surface area contributed by atoms with Crippen LogP contribution in [-0.4, -0.2) is 8.80 Å². The topological polar surface area (TPSA) is 12.1 Å². The summed E-state index contributed by atoms with van der Waals surface area (Å²) in [5.74, 6) is 0. The fraction of sp³-hybridized carbons (Fsp3) is 0. The van der Waals surface area contributed by atoms with Crippen molar-refractivity contribution in [2.75, 3.05) is 4.90 Å². The molecule has 0 fully saturated rings. The third kappa shape index (κ3) is 3.36. The van der Waals surface area contributed by atoms with Crippen molar-refractivity contribution in [1.82, 2.24) is 8.80 Å². The second kappa shape index (κ2) is 9.81. The van der Waals surface area contributed by atoms with Crippen LogP contribution >= 0.6 is 0 Å². The summed E-state index contributed by atoms with van der Waals surface area (Å²) < 4.78 is 5.11. The van der Waals surface area contributed by atoms with Crippen LogP contribution in [0.3, 0.4) is 0 Å². The Morgan fingerprint density at radius 3 is 1.58 bits per heavy atom. The van der Waals surface area contributed by atoms with Gasteiger partial charge in [-0.15, -0.1) is 0 Å². The molecular weight excluding hydrogens is 643 g/mol. The highest BCUT2D eigenvalue weighted by Gasteiger charge is 2.29. The molecule has 4 heterocycles. The lowest BCUT2D eigenvalue weighted by Crippen LogP contribution is -2.11. The van der Waals surface area contributed by atoms with Crippen molar-refractivity contribution in [2.24, 2.45) is 0 Å². The van der Waals surface area contributed by atoms with E-state index in [2.05, 4.69) is 190 Å². The Kier molecular flexibility index (Phi) is 5.11. The summed E-state index contributed by atoms with van der Waals surface area (Å²) >= 11 is 0. The molecule has 0 bridgehead atoms. The van der Waals surface area contributed by atoms with Gasteiger partial charge in [-0.25, -0.2) is 0 Å². The molecule has 0 spiro atoms. The van der Waals surface area contributed by atoms with Gasteiger partial charge in [-0.2, -0.15) is 0 Å². The van der Waals surface area contributed by atoms with Gasteiger partial charge in [0.15, 0.2) is 0 Å². The zero-order chi connectivity index (χ0) is 34.4. The molecule has 13 rings (SSSR count). The molecule has 9 aromatic carbocycles. The molecule has 3 heteroatoms. The van der Waals surface area contributed by atoms with Crippen LogP contribution in [0.1, 0.15) is 0 Å². The van der Waals surface area contributed by atoms with Gasteiger partial charge in [0, 0.05) is 59.9 Å². The van der Waals surface area contributed by atoms with Crippen molar-refractivity contribution in [1.29, 1.82) is 0 Å². The van der Waals surface area contributed by atoms with Gasteiger partial charge in [-0.1, -0.05) is 121 Å². The van der Waals surface area contributed by atoms with E-state index in [1.807, 2.05) is 0 Å². The molecule has 0 aliphatic heterocycles. The Labute approximate surface area is 303 Å². The lowest BCUT2D eigenvalue weighted by Gasteiger charge is -2.28. The van der Waals surface area contributed by atoms with Crippen LogP contribution in [0.2, 0.25) is 0 Å². The standard InChI is InChI=1S/C50H29N3/c1-3-16-32(17-4-1)51(33-18-5-2-6-19-33)49-35-21-10-8-15-31(35)29-40-39-28-30-14-7-9-20-34(30)45-46-43(53(48(39)45)50(40)49)27-26-42-44(46)38-24-13-23-37-36-22-11-12-25-41(36)52(42)47(37)38/h1-29H. The first-order valence-corrected chi connectivity index (χ1v) is 18.4. The molecule has 0 aliphatic rings. The molecule has 0 aliphatic carbocycles. The van der Waals surface area contributed by atoms with Crippen LogP contribution in [-0.2, 0) is 0 Å². The number of rotatable bonds is 3. The summed E-state index contributed by atoms with van der Waals surface area (Å²) in [6.07, 6.45) is 0. The molecule has 3 nitrogen and oxygen atoms in total. The molecule has 0 unspecified atom stereocenters. The van der Waals surface area contributed by atoms with Gasteiger partial charge in [-0.05, 0) is 70.8 Å². The second-order valence-corrected chi connectivity index (χ2v) is 14.5. The zero-order valence-corrected chi connectivity index (χ0v) is 28.6. The molecule has 4 aromatic heterocycles. The predicted octanol–water partition coefficient (Wildman–Crippen LogP) is 13.8. The van der Waals surface area contributed by atoms with Crippen molar-refractivity contribution < 1.29 is 0 Å². The number of fused-ring (bicyclic) bond motifs is 16. The molecule has 0 atom stereocenters. The zero-order valence-electron chi connectivity index (χ0n) is 28.6. The van der Waals surface area contributed by atoms with Crippen molar-refractivity contribution in [3.8, 4) is 0 Å². The molecule has 0 saturated carbocycles. The van der Waals surface area contributed by atoms with Crippen molar-refractivity contribution in [3.63, 3.8) is 0 Å². The van der Waals surface area contributed by atoms with E-state index in [1.54, 1.807) is 0 Å². The Morgan fingerprint density at radius 1 is 0.302 bits per heavy atom.